The largest absolute Gasteiger partial charge is 0.454 e. The lowest BCUT2D eigenvalue weighted by atomic mass is 10.1. The van der Waals surface area contributed by atoms with Gasteiger partial charge in [-0.25, -0.2) is 9.48 Å². The molecule has 1 unspecified atom stereocenters. The van der Waals surface area contributed by atoms with E-state index in [2.05, 4.69) is 5.10 Å². The molecule has 1 atom stereocenters. The molecule has 0 spiro atoms. The van der Waals surface area contributed by atoms with Crippen molar-refractivity contribution in [2.24, 2.45) is 0 Å². The minimum atomic E-state index is -0.665. The second-order valence-corrected chi connectivity index (χ2v) is 8.21. The lowest BCUT2D eigenvalue weighted by molar-refractivity contribution is 0.0474. The number of hydrogen-bond acceptors (Lipinski definition) is 5. The molecule has 0 amide bonds. The van der Waals surface area contributed by atoms with Crippen LogP contribution in [0.5, 0.6) is 0 Å². The monoisotopic (exact) mass is 457 g/mol. The second kappa shape index (κ2) is 10.1. The zero-order chi connectivity index (χ0) is 23.4. The molecule has 3 aromatic rings. The van der Waals surface area contributed by atoms with Crippen LogP contribution in [0.4, 0.5) is 0 Å². The first-order valence-electron chi connectivity index (χ1n) is 10.4. The van der Waals surface area contributed by atoms with E-state index in [1.165, 1.54) is 0 Å². The Bertz CT molecular complexity index is 1120. The maximum atomic E-state index is 12.8. The van der Waals surface area contributed by atoms with Crippen LogP contribution < -0.4 is 0 Å². The van der Waals surface area contributed by atoms with Gasteiger partial charge in [-0.15, -0.1) is 0 Å². The summed E-state index contributed by atoms with van der Waals surface area (Å²) in [6.45, 7) is 8.12. The van der Waals surface area contributed by atoms with Crippen molar-refractivity contribution in [3.63, 3.8) is 0 Å². The van der Waals surface area contributed by atoms with Gasteiger partial charge in [0.2, 0.25) is 5.78 Å². The molecule has 170 valence electrons. The number of rotatable bonds is 9. The Morgan fingerprint density at radius 1 is 1.16 bits per heavy atom. The highest BCUT2D eigenvalue weighted by molar-refractivity contribution is 6.32. The number of aromatic nitrogens is 3. The average Bonchev–Trinajstić information content (AvgIpc) is 3.21. The van der Waals surface area contributed by atoms with Gasteiger partial charge in [0.25, 0.3) is 0 Å². The second-order valence-electron chi connectivity index (χ2n) is 7.85. The first kappa shape index (κ1) is 23.8. The number of methoxy groups -OCH3 is 1. The number of carbonyl (C=O) groups is 2. The number of nitrogens with zero attached hydrogens (tertiary/aromatic N) is 3. The van der Waals surface area contributed by atoms with Crippen LogP contribution in [0.3, 0.4) is 0 Å². The molecule has 0 aliphatic carbocycles. The van der Waals surface area contributed by atoms with E-state index in [-0.39, 0.29) is 29.1 Å². The van der Waals surface area contributed by atoms with Crippen LogP contribution in [0.1, 0.15) is 56.3 Å². The van der Waals surface area contributed by atoms with Crippen LogP contribution in [-0.2, 0) is 16.0 Å². The smallest absolute Gasteiger partial charge is 0.343 e. The Labute approximate surface area is 192 Å². The van der Waals surface area contributed by atoms with Crippen LogP contribution in [0.15, 0.2) is 36.4 Å². The van der Waals surface area contributed by atoms with Gasteiger partial charge >= 0.3 is 5.97 Å². The van der Waals surface area contributed by atoms with E-state index in [4.69, 9.17) is 21.1 Å². The van der Waals surface area contributed by atoms with Gasteiger partial charge in [-0.2, -0.15) is 5.10 Å². The fourth-order valence-corrected chi connectivity index (χ4v) is 4.29. The molecule has 32 heavy (non-hydrogen) atoms. The number of esters is 1. The highest BCUT2D eigenvalue weighted by Crippen LogP contribution is 2.24. The molecular formula is C24H28ClN3O4. The van der Waals surface area contributed by atoms with Gasteiger partial charge in [-0.1, -0.05) is 41.9 Å². The van der Waals surface area contributed by atoms with Gasteiger partial charge in [0.15, 0.2) is 6.61 Å². The number of hydrogen-bond donors (Lipinski definition) is 0. The van der Waals surface area contributed by atoms with Crippen LogP contribution >= 0.6 is 11.6 Å². The summed E-state index contributed by atoms with van der Waals surface area (Å²) in [7, 11) is 1.64. The molecule has 0 fully saturated rings. The number of aryl methyl sites for hydroxylation is 2. The lowest BCUT2D eigenvalue weighted by Crippen LogP contribution is -2.17. The molecule has 0 radical (unpaired) electrons. The van der Waals surface area contributed by atoms with E-state index < -0.39 is 5.97 Å². The van der Waals surface area contributed by atoms with Crippen LogP contribution in [0, 0.1) is 20.8 Å². The van der Waals surface area contributed by atoms with Crippen molar-refractivity contribution in [2.45, 2.75) is 40.3 Å². The van der Waals surface area contributed by atoms with E-state index >= 15 is 0 Å². The van der Waals surface area contributed by atoms with Crippen molar-refractivity contribution in [3.05, 3.63) is 75.3 Å². The molecule has 0 aliphatic rings. The number of Topliss-reactive ketones (excluding diaryl/α,β-unsaturated/α-hetero) is 1. The predicted molar refractivity (Wildman–Crippen MR) is 123 cm³/mol. The lowest BCUT2D eigenvalue weighted by Gasteiger charge is -2.17. The summed E-state index contributed by atoms with van der Waals surface area (Å²) in [4.78, 5) is 25.5. The highest BCUT2D eigenvalue weighted by Gasteiger charge is 2.24. The third-order valence-electron chi connectivity index (χ3n) is 5.41. The normalized spacial score (nSPS) is 12.1. The van der Waals surface area contributed by atoms with Gasteiger partial charge in [0, 0.05) is 24.1 Å². The minimum Gasteiger partial charge on any atom is -0.454 e. The predicted octanol–water partition coefficient (Wildman–Crippen LogP) is 4.56. The number of carbonyl (C=O) groups excluding carboxylic acids is 2. The summed E-state index contributed by atoms with van der Waals surface area (Å²) >= 11 is 6.42. The first-order valence-corrected chi connectivity index (χ1v) is 10.8. The fourth-order valence-electron chi connectivity index (χ4n) is 3.98. The summed E-state index contributed by atoms with van der Waals surface area (Å²) < 4.78 is 14.2. The quantitative estimate of drug-likeness (QED) is 0.348. The number of ketones is 1. The molecule has 2 heterocycles. The third-order valence-corrected chi connectivity index (χ3v) is 5.80. The molecular weight excluding hydrogens is 430 g/mol. The molecule has 7 nitrogen and oxygen atoms in total. The van der Waals surface area contributed by atoms with Crippen LogP contribution in [-0.4, -0.2) is 46.4 Å². The van der Waals surface area contributed by atoms with Crippen molar-refractivity contribution in [2.75, 3.05) is 20.3 Å². The van der Waals surface area contributed by atoms with Crippen molar-refractivity contribution in [1.82, 2.24) is 14.3 Å². The summed E-state index contributed by atoms with van der Waals surface area (Å²) in [5.41, 5.74) is 3.93. The summed E-state index contributed by atoms with van der Waals surface area (Å²) in [6, 6.07) is 11.6. The molecule has 0 N–H and O–H groups in total. The van der Waals surface area contributed by atoms with Crippen molar-refractivity contribution in [3.8, 4) is 0 Å². The standard InChI is InChI=1S/C24H28ClN3O4/c1-15-11-20(18(4)28(15)16(2)13-31-5)21(29)14-32-24(30)22-17(3)26-27(23(22)25)12-19-9-7-6-8-10-19/h6-11,16H,12-14H2,1-5H3. The fraction of sp³-hybridized carbons (Fsp3) is 0.375. The molecule has 1 aromatic carbocycles. The summed E-state index contributed by atoms with van der Waals surface area (Å²) in [6.07, 6.45) is 0. The van der Waals surface area contributed by atoms with Crippen molar-refractivity contribution < 1.29 is 19.1 Å². The number of ether oxygens (including phenoxy) is 2. The Morgan fingerprint density at radius 2 is 1.84 bits per heavy atom. The van der Waals surface area contributed by atoms with E-state index in [0.29, 0.717) is 24.4 Å². The van der Waals surface area contributed by atoms with Gasteiger partial charge in [-0.3, -0.25) is 4.79 Å². The van der Waals surface area contributed by atoms with Gasteiger partial charge in [0.1, 0.15) is 10.7 Å². The molecule has 8 heteroatoms. The molecule has 2 aromatic heterocycles. The van der Waals surface area contributed by atoms with Crippen LogP contribution in [0.2, 0.25) is 5.15 Å². The first-order chi connectivity index (χ1) is 15.2. The molecule has 0 saturated heterocycles. The number of benzene rings is 1. The molecule has 0 bridgehead atoms. The Kier molecular flexibility index (Phi) is 7.53. The minimum absolute atomic E-state index is 0.0843. The Balaban J connectivity index is 1.71. The number of halogens is 1. The molecule has 0 aliphatic heterocycles. The molecule has 3 rings (SSSR count). The van der Waals surface area contributed by atoms with Crippen LogP contribution in [0.25, 0.3) is 0 Å². The average molecular weight is 458 g/mol. The van der Waals surface area contributed by atoms with Crippen molar-refractivity contribution >= 4 is 23.4 Å². The van der Waals surface area contributed by atoms with E-state index in [1.807, 2.05) is 61.7 Å². The van der Waals surface area contributed by atoms with Gasteiger partial charge in [0.05, 0.1) is 24.9 Å². The molecule has 0 saturated carbocycles. The zero-order valence-corrected chi connectivity index (χ0v) is 19.8. The maximum absolute atomic E-state index is 12.8. The third kappa shape index (κ3) is 4.95. The maximum Gasteiger partial charge on any atom is 0.343 e. The van der Waals surface area contributed by atoms with Crippen molar-refractivity contribution in [1.29, 1.82) is 0 Å². The highest BCUT2D eigenvalue weighted by atomic mass is 35.5. The summed E-state index contributed by atoms with van der Waals surface area (Å²) in [5, 5.41) is 4.55. The van der Waals surface area contributed by atoms with Gasteiger partial charge < -0.3 is 14.0 Å². The topological polar surface area (TPSA) is 75.3 Å². The summed E-state index contributed by atoms with van der Waals surface area (Å²) in [5.74, 6) is -0.936. The Morgan fingerprint density at radius 3 is 2.50 bits per heavy atom. The SMILES string of the molecule is COCC(C)n1c(C)cc(C(=O)COC(=O)c2c(C)nn(Cc3ccccc3)c2Cl)c1C. The van der Waals surface area contributed by atoms with Gasteiger partial charge in [-0.05, 0) is 39.3 Å². The van der Waals surface area contributed by atoms with E-state index in [9.17, 15) is 9.59 Å². The van der Waals surface area contributed by atoms with E-state index in [1.54, 1.807) is 18.7 Å². The zero-order valence-electron chi connectivity index (χ0n) is 19.0. The Hall–Kier alpha value is -2.90. The van der Waals surface area contributed by atoms with E-state index in [0.717, 1.165) is 17.0 Å².